The van der Waals surface area contributed by atoms with Crippen LogP contribution in [0.2, 0.25) is 0 Å². The van der Waals surface area contributed by atoms with E-state index in [0.717, 1.165) is 34.9 Å². The van der Waals surface area contributed by atoms with Crippen LogP contribution in [0.15, 0.2) is 48.9 Å². The van der Waals surface area contributed by atoms with Crippen molar-refractivity contribution in [2.45, 2.75) is 72.3 Å². The van der Waals surface area contributed by atoms with Crippen molar-refractivity contribution in [3.05, 3.63) is 88.3 Å². The average molecular weight is 757 g/mol. The molecular formula is C37H41ClF4N8O3. The van der Waals surface area contributed by atoms with Gasteiger partial charge in [-0.1, -0.05) is 45.9 Å². The number of aromatic nitrogens is 5. The van der Waals surface area contributed by atoms with E-state index in [9.17, 15) is 22.8 Å². The molecule has 1 unspecified atom stereocenters. The van der Waals surface area contributed by atoms with Crippen molar-refractivity contribution in [2.75, 3.05) is 18.0 Å². The first-order chi connectivity index (χ1) is 24.8. The number of aromatic amines is 1. The van der Waals surface area contributed by atoms with Gasteiger partial charge in [0.1, 0.15) is 12.4 Å². The molecule has 1 aliphatic heterocycles. The summed E-state index contributed by atoms with van der Waals surface area (Å²) in [6.07, 6.45) is 0.491. The van der Waals surface area contributed by atoms with E-state index in [1.807, 2.05) is 50.6 Å². The molecule has 1 aliphatic rings. The fourth-order valence-electron chi connectivity index (χ4n) is 6.85. The molecule has 0 radical (unpaired) electrons. The fraction of sp³-hybridized carbons (Fsp3) is 0.378. The van der Waals surface area contributed by atoms with E-state index in [1.54, 1.807) is 17.2 Å². The zero-order valence-electron chi connectivity index (χ0n) is 29.6. The largest absolute Gasteiger partial charge is 0.480 e. The third kappa shape index (κ3) is 7.86. The second-order valence-electron chi connectivity index (χ2n) is 13.1. The normalized spacial score (nSPS) is 13.6. The molecular weight excluding hydrogens is 716 g/mol. The molecule has 6 rings (SSSR count). The average Bonchev–Trinajstić information content (AvgIpc) is 3.75. The monoisotopic (exact) mass is 756 g/mol. The molecule has 282 valence electrons. The zero-order chi connectivity index (χ0) is 37.3. The van der Waals surface area contributed by atoms with Crippen LogP contribution in [0.1, 0.15) is 61.2 Å². The lowest BCUT2D eigenvalue weighted by atomic mass is 9.95. The van der Waals surface area contributed by atoms with Crippen molar-refractivity contribution in [1.82, 2.24) is 35.4 Å². The number of nitrogens with zero attached hydrogens (tertiary/aromatic N) is 5. The number of carboxylic acids is 1. The van der Waals surface area contributed by atoms with Crippen molar-refractivity contribution >= 4 is 41.1 Å². The summed E-state index contributed by atoms with van der Waals surface area (Å²) in [5.74, 6) is -2.23. The first-order valence-corrected chi connectivity index (χ1v) is 17.2. The molecule has 4 N–H and O–H groups in total. The van der Waals surface area contributed by atoms with Crippen molar-refractivity contribution in [3.63, 3.8) is 0 Å². The van der Waals surface area contributed by atoms with Crippen LogP contribution < -0.4 is 15.5 Å². The summed E-state index contributed by atoms with van der Waals surface area (Å²) in [5.41, 5.74) is 5.43. The van der Waals surface area contributed by atoms with Crippen LogP contribution in [-0.2, 0) is 48.1 Å². The highest BCUT2D eigenvalue weighted by atomic mass is 35.5. The van der Waals surface area contributed by atoms with Gasteiger partial charge in [-0.3, -0.25) is 9.59 Å². The van der Waals surface area contributed by atoms with Crippen molar-refractivity contribution in [3.8, 4) is 16.9 Å². The van der Waals surface area contributed by atoms with Gasteiger partial charge in [0.2, 0.25) is 11.9 Å². The van der Waals surface area contributed by atoms with E-state index in [-0.39, 0.29) is 37.4 Å². The number of carbonyl (C=O) groups excluding carboxylic acids is 1. The molecule has 0 aliphatic carbocycles. The standard InChI is InChI=1S/C37H40F4N8O3.ClH/c1-5-21-8-7-9-22(6-2)33(21)49-34(26-19-48(13-11-28(26)47-49)36-45-16-24(17-46-36)37(39,40)41)30-25-10-12-42-32(25)23(14-27(30)38)15-43-31(20(3)4)35(52)44-18-29(50)51;/h7-10,12,14,16-17,20,31,42-43H,5-6,11,13,15,18-19H2,1-4H3,(H,44,52)(H,50,51);1H. The number of aliphatic carboxylic acids is 1. The number of alkyl halides is 3. The summed E-state index contributed by atoms with van der Waals surface area (Å²) in [4.78, 5) is 36.9. The molecule has 3 aromatic heterocycles. The predicted molar refractivity (Wildman–Crippen MR) is 195 cm³/mol. The number of halogens is 5. The third-order valence-corrected chi connectivity index (χ3v) is 9.45. The van der Waals surface area contributed by atoms with Crippen LogP contribution in [0.5, 0.6) is 0 Å². The van der Waals surface area contributed by atoms with Gasteiger partial charge in [-0.05, 0) is 47.6 Å². The highest BCUT2D eigenvalue weighted by Crippen LogP contribution is 2.41. The number of H-pyrrole nitrogens is 1. The van der Waals surface area contributed by atoms with Gasteiger partial charge in [0.05, 0.1) is 34.2 Å². The summed E-state index contributed by atoms with van der Waals surface area (Å²) in [5, 5.41) is 20.3. The smallest absolute Gasteiger partial charge is 0.419 e. The molecule has 1 amide bonds. The summed E-state index contributed by atoms with van der Waals surface area (Å²) in [6, 6.07) is 8.51. The van der Waals surface area contributed by atoms with Crippen LogP contribution in [0, 0.1) is 11.7 Å². The maximum absolute atomic E-state index is 16.9. The molecule has 0 saturated carbocycles. The lowest BCUT2D eigenvalue weighted by Gasteiger charge is -2.27. The lowest BCUT2D eigenvalue weighted by Crippen LogP contribution is -2.48. The first-order valence-electron chi connectivity index (χ1n) is 17.2. The molecule has 1 atom stereocenters. The van der Waals surface area contributed by atoms with Gasteiger partial charge in [0.15, 0.2) is 0 Å². The number of hydrogen-bond donors (Lipinski definition) is 4. The quantitative estimate of drug-likeness (QED) is 0.107. The zero-order valence-corrected chi connectivity index (χ0v) is 30.5. The number of fused-ring (bicyclic) bond motifs is 2. The third-order valence-electron chi connectivity index (χ3n) is 9.45. The minimum atomic E-state index is -4.57. The molecule has 0 fully saturated rings. The number of rotatable bonds is 12. The van der Waals surface area contributed by atoms with Gasteiger partial charge in [0.25, 0.3) is 0 Å². The number of carboxylic acid groups (broad SMARTS) is 1. The Morgan fingerprint density at radius 3 is 2.34 bits per heavy atom. The lowest BCUT2D eigenvalue weighted by molar-refractivity contribution is -0.138. The number of anilines is 1. The van der Waals surface area contributed by atoms with Crippen molar-refractivity contribution in [1.29, 1.82) is 0 Å². The van der Waals surface area contributed by atoms with Gasteiger partial charge >= 0.3 is 12.1 Å². The van der Waals surface area contributed by atoms with Gasteiger partial charge in [0, 0.05) is 61.2 Å². The van der Waals surface area contributed by atoms with Gasteiger partial charge in [-0.25, -0.2) is 19.0 Å². The number of nitrogens with one attached hydrogen (secondary N) is 3. The first kappa shape index (κ1) is 39.2. The number of para-hydroxylation sites is 1. The number of aryl methyl sites for hydroxylation is 2. The van der Waals surface area contributed by atoms with Crippen LogP contribution in [0.4, 0.5) is 23.5 Å². The summed E-state index contributed by atoms with van der Waals surface area (Å²) in [6.45, 7) is 7.91. The van der Waals surface area contributed by atoms with Crippen molar-refractivity contribution in [2.24, 2.45) is 5.92 Å². The number of amides is 1. The fourth-order valence-corrected chi connectivity index (χ4v) is 6.85. The minimum Gasteiger partial charge on any atom is -0.480 e. The van der Waals surface area contributed by atoms with Crippen LogP contribution in [0.25, 0.3) is 27.8 Å². The molecule has 53 heavy (non-hydrogen) atoms. The number of benzene rings is 2. The summed E-state index contributed by atoms with van der Waals surface area (Å²) in [7, 11) is 0. The van der Waals surface area contributed by atoms with Crippen LogP contribution >= 0.6 is 12.4 Å². The number of hydrogen-bond acceptors (Lipinski definition) is 7. The Labute approximate surface area is 309 Å². The van der Waals surface area contributed by atoms with E-state index in [2.05, 4.69) is 25.6 Å². The van der Waals surface area contributed by atoms with Gasteiger partial charge in [-0.15, -0.1) is 12.4 Å². The molecule has 2 aromatic carbocycles. The topological polar surface area (TPSA) is 141 Å². The van der Waals surface area contributed by atoms with E-state index in [0.29, 0.717) is 59.1 Å². The molecule has 11 nitrogen and oxygen atoms in total. The predicted octanol–water partition coefficient (Wildman–Crippen LogP) is 6.39. The Hall–Kier alpha value is -5.02. The maximum Gasteiger partial charge on any atom is 0.419 e. The SMILES string of the molecule is CCc1cccc(CC)c1-n1nc2c(c1-c1c(F)cc(CNC(C(=O)NCC(=O)O)C(C)C)c3[nH]ccc13)CN(c1ncc(C(F)(F)F)cn1)CC2.Cl. The Balaban J connectivity index is 0.00000541. The Kier molecular flexibility index (Phi) is 11.8. The summed E-state index contributed by atoms with van der Waals surface area (Å²) >= 11 is 0. The Bertz CT molecular complexity index is 2090. The Morgan fingerprint density at radius 2 is 1.74 bits per heavy atom. The number of carbonyl (C=O) groups is 2. The van der Waals surface area contributed by atoms with E-state index in [1.165, 1.54) is 6.07 Å². The van der Waals surface area contributed by atoms with Crippen LogP contribution in [-0.4, -0.2) is 60.8 Å². The van der Waals surface area contributed by atoms with E-state index in [4.69, 9.17) is 10.2 Å². The second kappa shape index (κ2) is 15.9. The second-order valence-corrected chi connectivity index (χ2v) is 13.1. The van der Waals surface area contributed by atoms with Gasteiger partial charge in [-0.2, -0.15) is 18.3 Å². The van der Waals surface area contributed by atoms with Gasteiger partial charge < -0.3 is 25.6 Å². The molecule has 0 bridgehead atoms. The molecule has 0 spiro atoms. The minimum absolute atomic E-state index is 0. The Morgan fingerprint density at radius 1 is 1.06 bits per heavy atom. The highest BCUT2D eigenvalue weighted by Gasteiger charge is 2.34. The van der Waals surface area contributed by atoms with Crippen molar-refractivity contribution < 1.29 is 32.3 Å². The molecule has 0 saturated heterocycles. The maximum atomic E-state index is 16.9. The highest BCUT2D eigenvalue weighted by molar-refractivity contribution is 5.98. The molecule has 5 aromatic rings. The van der Waals surface area contributed by atoms with Crippen LogP contribution in [0.3, 0.4) is 0 Å². The molecule has 16 heteroatoms. The van der Waals surface area contributed by atoms with E-state index >= 15 is 4.39 Å². The molecule has 4 heterocycles. The summed E-state index contributed by atoms with van der Waals surface area (Å²) < 4.78 is 58.6. The van der Waals surface area contributed by atoms with E-state index < -0.39 is 42.0 Å².